The van der Waals surface area contributed by atoms with Crippen LogP contribution >= 0.6 is 0 Å². The van der Waals surface area contributed by atoms with Gasteiger partial charge in [0.25, 0.3) is 5.91 Å². The maximum atomic E-state index is 14.6. The van der Waals surface area contributed by atoms with E-state index in [0.29, 0.717) is 16.5 Å². The van der Waals surface area contributed by atoms with E-state index in [1.807, 2.05) is 36.4 Å². The molecule has 0 spiro atoms. The number of carbonyl (C=O) groups is 5. The van der Waals surface area contributed by atoms with Gasteiger partial charge in [0, 0.05) is 44.7 Å². The van der Waals surface area contributed by atoms with Gasteiger partial charge in [0.05, 0.1) is 30.8 Å². The van der Waals surface area contributed by atoms with Gasteiger partial charge in [-0.05, 0) is 35.7 Å². The number of benzene rings is 3. The number of phenols is 1. The Morgan fingerprint density at radius 1 is 1.00 bits per heavy atom. The highest BCUT2D eigenvalue weighted by molar-refractivity contribution is 6.07. The van der Waals surface area contributed by atoms with E-state index in [0.717, 1.165) is 16.7 Å². The van der Waals surface area contributed by atoms with E-state index in [2.05, 4.69) is 22.7 Å². The molecule has 0 saturated carbocycles. The molecule has 282 valence electrons. The number of phenolic OH excluding ortho intramolecular Hbond substituents is 1. The summed E-state index contributed by atoms with van der Waals surface area (Å²) in [6.07, 6.45) is 2.59. The molecular formula is C39H44N8O7. The molecule has 2 saturated heterocycles. The van der Waals surface area contributed by atoms with E-state index in [-0.39, 0.29) is 69.9 Å². The molecule has 2 atom stereocenters. The third kappa shape index (κ3) is 8.06. The molecule has 5 amide bonds. The summed E-state index contributed by atoms with van der Waals surface area (Å²) in [5.74, 6) is -1.50. The Balaban J connectivity index is 1.33. The van der Waals surface area contributed by atoms with Crippen LogP contribution in [0.3, 0.4) is 0 Å². The number of urea groups is 1. The minimum Gasteiger partial charge on any atom is -0.508 e. The van der Waals surface area contributed by atoms with Crippen LogP contribution in [0.15, 0.2) is 91.6 Å². The second kappa shape index (κ2) is 16.7. The lowest BCUT2D eigenvalue weighted by Gasteiger charge is -2.55. The Bertz CT molecular complexity index is 2030. The Morgan fingerprint density at radius 2 is 1.76 bits per heavy atom. The maximum Gasteiger partial charge on any atom is 0.334 e. The molecule has 0 aliphatic carbocycles. The number of amides is 5. The summed E-state index contributed by atoms with van der Waals surface area (Å²) in [6, 6.07) is 20.0. The van der Waals surface area contributed by atoms with Crippen LogP contribution in [0, 0.1) is 0 Å². The van der Waals surface area contributed by atoms with Crippen molar-refractivity contribution in [1.82, 2.24) is 40.6 Å². The Morgan fingerprint density at radius 3 is 2.48 bits per heavy atom. The van der Waals surface area contributed by atoms with Crippen molar-refractivity contribution in [1.29, 1.82) is 0 Å². The standard InChI is InChI=1S/C39H44N8O7/c1-4-18-45-25-34(49)46-32(19-26-14-16-29(48)17-15-26)38(52)44(24-33(46)47(45)39(53)40-20-27-10-7-6-8-11-27)22-28-12-9-13-30-31(23-43(3)36(28)30)37(51)42-41-21-35(50)54-5-2/h4,6-17,23,32-33,41,48H,1,5,18-22,24-25H2,2-3H3,(H,40,53)(H,42,51)/t32-,33-/m0/s1. The maximum absolute atomic E-state index is 14.6. The number of aromatic nitrogens is 1. The average Bonchev–Trinajstić information content (AvgIpc) is 3.50. The summed E-state index contributed by atoms with van der Waals surface area (Å²) in [4.78, 5) is 70.7. The first kappa shape index (κ1) is 37.6. The number of hydrogen-bond acceptors (Lipinski definition) is 9. The Kier molecular flexibility index (Phi) is 11.6. The number of nitrogens with one attached hydrogen (secondary N) is 3. The van der Waals surface area contributed by atoms with E-state index < -0.39 is 30.1 Å². The molecule has 0 unspecified atom stereocenters. The monoisotopic (exact) mass is 736 g/mol. The minimum atomic E-state index is -0.962. The van der Waals surface area contributed by atoms with E-state index in [1.54, 1.807) is 65.0 Å². The lowest BCUT2D eigenvalue weighted by Crippen LogP contribution is -2.76. The van der Waals surface area contributed by atoms with E-state index in [1.165, 1.54) is 22.0 Å². The lowest BCUT2D eigenvalue weighted by molar-refractivity contribution is -0.189. The molecule has 4 N–H and O–H groups in total. The molecule has 2 aliphatic rings. The Hall–Kier alpha value is -6.19. The van der Waals surface area contributed by atoms with Crippen molar-refractivity contribution < 1.29 is 33.8 Å². The third-order valence-electron chi connectivity index (χ3n) is 9.46. The highest BCUT2D eigenvalue weighted by Crippen LogP contribution is 2.31. The van der Waals surface area contributed by atoms with Crippen LogP contribution in [0.25, 0.3) is 10.9 Å². The number of aromatic hydroxyl groups is 1. The first-order chi connectivity index (χ1) is 26.1. The van der Waals surface area contributed by atoms with Gasteiger partial charge < -0.3 is 29.5 Å². The van der Waals surface area contributed by atoms with Crippen molar-refractivity contribution in [3.63, 3.8) is 0 Å². The van der Waals surface area contributed by atoms with Crippen LogP contribution in [-0.4, -0.2) is 104 Å². The number of piperazine rings is 1. The van der Waals surface area contributed by atoms with Crippen molar-refractivity contribution in [3.8, 4) is 5.75 Å². The number of hydrogen-bond donors (Lipinski definition) is 4. The topological polar surface area (TPSA) is 169 Å². The second-order valence-corrected chi connectivity index (χ2v) is 13.1. The predicted octanol–water partition coefficient (Wildman–Crippen LogP) is 2.42. The van der Waals surface area contributed by atoms with Crippen molar-refractivity contribution in [2.45, 2.75) is 38.6 Å². The molecule has 0 radical (unpaired) electrons. The van der Waals surface area contributed by atoms with Gasteiger partial charge in [0.1, 0.15) is 24.5 Å². The summed E-state index contributed by atoms with van der Waals surface area (Å²) < 4.78 is 6.70. The zero-order valence-electron chi connectivity index (χ0n) is 30.2. The molecule has 3 heterocycles. The first-order valence-electron chi connectivity index (χ1n) is 17.7. The number of carbonyl (C=O) groups excluding carboxylic acids is 5. The molecule has 3 aromatic carbocycles. The molecular weight excluding hydrogens is 692 g/mol. The van der Waals surface area contributed by atoms with E-state index in [4.69, 9.17) is 4.74 Å². The largest absolute Gasteiger partial charge is 0.508 e. The summed E-state index contributed by atoms with van der Waals surface area (Å²) in [6.45, 7) is 6.01. The number of fused-ring (bicyclic) bond motifs is 2. The quantitative estimate of drug-likeness (QED) is 0.0916. The average molecular weight is 737 g/mol. The number of ether oxygens (including phenoxy) is 1. The summed E-state index contributed by atoms with van der Waals surface area (Å²) in [5, 5.41) is 16.7. The van der Waals surface area contributed by atoms with Gasteiger partial charge in [-0.25, -0.2) is 20.2 Å². The second-order valence-electron chi connectivity index (χ2n) is 13.1. The number of esters is 1. The highest BCUT2D eigenvalue weighted by Gasteiger charge is 2.51. The summed E-state index contributed by atoms with van der Waals surface area (Å²) in [5.41, 5.74) is 8.57. The molecule has 2 aliphatic heterocycles. The fourth-order valence-corrected chi connectivity index (χ4v) is 7.10. The van der Waals surface area contributed by atoms with Crippen LogP contribution in [0.2, 0.25) is 0 Å². The first-order valence-corrected chi connectivity index (χ1v) is 17.7. The molecule has 15 nitrogen and oxygen atoms in total. The van der Waals surface area contributed by atoms with Gasteiger partial charge in [0.15, 0.2) is 0 Å². The van der Waals surface area contributed by atoms with Crippen molar-refractivity contribution in [3.05, 3.63) is 114 Å². The smallest absolute Gasteiger partial charge is 0.334 e. The number of hydrazine groups is 2. The predicted molar refractivity (Wildman–Crippen MR) is 199 cm³/mol. The van der Waals surface area contributed by atoms with Crippen LogP contribution in [0.1, 0.15) is 34.0 Å². The normalized spacial score (nSPS) is 17.3. The van der Waals surface area contributed by atoms with Crippen molar-refractivity contribution >= 4 is 40.6 Å². The third-order valence-corrected chi connectivity index (χ3v) is 9.46. The van der Waals surface area contributed by atoms with Crippen LogP contribution < -0.4 is 16.2 Å². The molecule has 1 aromatic heterocycles. The van der Waals surface area contributed by atoms with Gasteiger partial charge >= 0.3 is 12.0 Å². The zero-order valence-corrected chi connectivity index (χ0v) is 30.2. The van der Waals surface area contributed by atoms with E-state index in [9.17, 15) is 29.1 Å². The van der Waals surface area contributed by atoms with Gasteiger partial charge in [-0.1, -0.05) is 66.7 Å². The molecule has 2 fully saturated rings. The van der Waals surface area contributed by atoms with E-state index >= 15 is 0 Å². The molecule has 54 heavy (non-hydrogen) atoms. The minimum absolute atomic E-state index is 0.00891. The van der Waals surface area contributed by atoms with Gasteiger partial charge in [-0.2, -0.15) is 0 Å². The molecule has 6 rings (SSSR count). The van der Waals surface area contributed by atoms with Gasteiger partial charge in [-0.3, -0.25) is 24.6 Å². The van der Waals surface area contributed by atoms with Gasteiger partial charge in [-0.15, -0.1) is 6.58 Å². The van der Waals surface area contributed by atoms with Crippen molar-refractivity contribution in [2.75, 3.05) is 32.8 Å². The highest BCUT2D eigenvalue weighted by atomic mass is 16.5. The Labute approximate surface area is 312 Å². The molecule has 15 heteroatoms. The lowest BCUT2D eigenvalue weighted by atomic mass is 9.98. The SMILES string of the molecule is C=CCN1CC(=O)N2[C@@H](Cc3ccc(O)cc3)C(=O)N(Cc3cccc4c(C(=O)NNCC(=O)OCC)cn(C)c34)C[C@@H]2N1C(=O)NCc1ccccc1. The molecule has 0 bridgehead atoms. The van der Waals surface area contributed by atoms with Crippen molar-refractivity contribution in [2.24, 2.45) is 7.05 Å². The fourth-order valence-electron chi connectivity index (χ4n) is 7.10. The number of para-hydroxylation sites is 1. The number of nitrogens with zero attached hydrogens (tertiary/aromatic N) is 5. The van der Waals surface area contributed by atoms with Crippen LogP contribution in [0.4, 0.5) is 4.79 Å². The zero-order chi connectivity index (χ0) is 38.4. The van der Waals surface area contributed by atoms with Crippen LogP contribution in [0.5, 0.6) is 5.75 Å². The summed E-state index contributed by atoms with van der Waals surface area (Å²) >= 11 is 0. The summed E-state index contributed by atoms with van der Waals surface area (Å²) in [7, 11) is 1.80. The van der Waals surface area contributed by atoms with Gasteiger partial charge in [0.2, 0.25) is 11.8 Å². The fraction of sp³-hybridized carbons (Fsp3) is 0.308. The number of rotatable bonds is 13. The number of aryl methyl sites for hydroxylation is 1. The molecule has 4 aromatic rings. The van der Waals surface area contributed by atoms with Crippen LogP contribution in [-0.2, 0) is 45.7 Å².